The van der Waals surface area contributed by atoms with Crippen molar-refractivity contribution in [2.24, 2.45) is 5.92 Å². The lowest BCUT2D eigenvalue weighted by atomic mass is 9.89. The summed E-state index contributed by atoms with van der Waals surface area (Å²) in [5, 5.41) is 3.38. The Kier molecular flexibility index (Phi) is 5.98. The minimum atomic E-state index is 0.313. The van der Waals surface area contributed by atoms with Crippen LogP contribution in [-0.2, 0) is 4.79 Å². The Balaban J connectivity index is 1.61. The van der Waals surface area contributed by atoms with Crippen LogP contribution in [0.25, 0.3) is 0 Å². The van der Waals surface area contributed by atoms with Crippen molar-refractivity contribution in [3.8, 4) is 0 Å². The molecule has 2 rings (SSSR count). The number of rotatable bonds is 4. The molecule has 104 valence electrons. The summed E-state index contributed by atoms with van der Waals surface area (Å²) in [6.45, 7) is 3.55. The van der Waals surface area contributed by atoms with Crippen LogP contribution in [0.4, 0.5) is 0 Å². The van der Waals surface area contributed by atoms with Gasteiger partial charge < -0.3 is 10.2 Å². The van der Waals surface area contributed by atoms with Crippen molar-refractivity contribution in [3.63, 3.8) is 0 Å². The molecule has 2 aliphatic rings. The molecule has 1 saturated heterocycles. The highest BCUT2D eigenvalue weighted by molar-refractivity contribution is 5.78. The number of nitrogens with one attached hydrogen (secondary N) is 1. The highest BCUT2D eigenvalue weighted by Gasteiger charge is 2.16. The number of hydrogen-bond acceptors (Lipinski definition) is 2. The normalized spacial score (nSPS) is 22.8. The molecular weight excluding hydrogens is 224 g/mol. The van der Waals surface area contributed by atoms with Gasteiger partial charge in [0.1, 0.15) is 0 Å². The number of carbonyl (C=O) groups excluding carboxylic acids is 1. The monoisotopic (exact) mass is 252 g/mol. The predicted molar refractivity (Wildman–Crippen MR) is 74.5 cm³/mol. The molecule has 3 nitrogen and oxygen atoms in total. The number of nitrogens with zero attached hydrogens (tertiary/aromatic N) is 1. The van der Waals surface area contributed by atoms with Gasteiger partial charge in [-0.1, -0.05) is 32.1 Å². The van der Waals surface area contributed by atoms with Gasteiger partial charge in [-0.05, 0) is 38.1 Å². The molecule has 0 aromatic heterocycles. The van der Waals surface area contributed by atoms with Gasteiger partial charge in [-0.2, -0.15) is 0 Å². The molecule has 0 bridgehead atoms. The first-order valence-electron chi connectivity index (χ1n) is 7.85. The number of hydrogen-bond donors (Lipinski definition) is 1. The topological polar surface area (TPSA) is 32.3 Å². The lowest BCUT2D eigenvalue weighted by Gasteiger charge is -2.23. The molecule has 0 aromatic carbocycles. The Labute approximate surface area is 111 Å². The zero-order chi connectivity index (χ0) is 12.6. The zero-order valence-corrected chi connectivity index (χ0v) is 11.6. The van der Waals surface area contributed by atoms with E-state index in [1.807, 2.05) is 0 Å². The van der Waals surface area contributed by atoms with Crippen molar-refractivity contribution < 1.29 is 4.79 Å². The standard InChI is InChI=1S/C15H28N2O/c18-15(17-10-6-1-2-7-11-17)13-16-12-14-8-4-3-5-9-14/h14,16H,1-13H2. The molecule has 0 radical (unpaired) electrons. The summed E-state index contributed by atoms with van der Waals surface area (Å²) in [5.74, 6) is 1.13. The quantitative estimate of drug-likeness (QED) is 0.834. The van der Waals surface area contributed by atoms with E-state index in [0.717, 1.165) is 25.6 Å². The van der Waals surface area contributed by atoms with E-state index in [1.54, 1.807) is 0 Å². The maximum atomic E-state index is 12.1. The highest BCUT2D eigenvalue weighted by Crippen LogP contribution is 2.22. The van der Waals surface area contributed by atoms with Gasteiger partial charge >= 0.3 is 0 Å². The van der Waals surface area contributed by atoms with E-state index in [4.69, 9.17) is 0 Å². The zero-order valence-electron chi connectivity index (χ0n) is 11.6. The third-order valence-corrected chi connectivity index (χ3v) is 4.39. The lowest BCUT2D eigenvalue weighted by Crippen LogP contribution is -2.40. The molecule has 0 atom stereocenters. The van der Waals surface area contributed by atoms with E-state index in [2.05, 4.69) is 10.2 Å². The van der Waals surface area contributed by atoms with Gasteiger partial charge in [0.05, 0.1) is 6.54 Å². The lowest BCUT2D eigenvalue weighted by molar-refractivity contribution is -0.130. The van der Waals surface area contributed by atoms with Gasteiger partial charge in [0.15, 0.2) is 0 Å². The first-order chi connectivity index (χ1) is 8.86. The second kappa shape index (κ2) is 7.78. The van der Waals surface area contributed by atoms with E-state index < -0.39 is 0 Å². The summed E-state index contributed by atoms with van der Waals surface area (Å²) in [6.07, 6.45) is 11.8. The van der Waals surface area contributed by atoms with Gasteiger partial charge in [0, 0.05) is 13.1 Å². The van der Waals surface area contributed by atoms with Gasteiger partial charge in [-0.15, -0.1) is 0 Å². The molecule has 1 amide bonds. The largest absolute Gasteiger partial charge is 0.342 e. The van der Waals surface area contributed by atoms with Crippen LogP contribution in [0.15, 0.2) is 0 Å². The average Bonchev–Trinajstić information content (AvgIpc) is 2.69. The molecule has 1 saturated carbocycles. The van der Waals surface area contributed by atoms with Crippen molar-refractivity contribution in [1.82, 2.24) is 10.2 Å². The van der Waals surface area contributed by atoms with Crippen LogP contribution in [0.1, 0.15) is 57.8 Å². The van der Waals surface area contributed by atoms with Crippen molar-refractivity contribution in [3.05, 3.63) is 0 Å². The van der Waals surface area contributed by atoms with E-state index in [9.17, 15) is 4.79 Å². The predicted octanol–water partition coefficient (Wildman–Crippen LogP) is 2.56. The molecule has 1 aliphatic heterocycles. The third-order valence-electron chi connectivity index (χ3n) is 4.39. The second-order valence-electron chi connectivity index (χ2n) is 5.93. The Bertz CT molecular complexity index is 241. The summed E-state index contributed by atoms with van der Waals surface area (Å²) in [5.41, 5.74) is 0. The molecule has 18 heavy (non-hydrogen) atoms. The van der Waals surface area contributed by atoms with E-state index in [1.165, 1.54) is 57.8 Å². The van der Waals surface area contributed by atoms with Gasteiger partial charge in [0.25, 0.3) is 0 Å². The van der Waals surface area contributed by atoms with Crippen molar-refractivity contribution in [2.45, 2.75) is 57.8 Å². The first-order valence-corrected chi connectivity index (χ1v) is 7.85. The van der Waals surface area contributed by atoms with Crippen molar-refractivity contribution >= 4 is 5.91 Å². The van der Waals surface area contributed by atoms with Crippen LogP contribution in [0, 0.1) is 5.92 Å². The Hall–Kier alpha value is -0.570. The Morgan fingerprint density at radius 2 is 1.56 bits per heavy atom. The summed E-state index contributed by atoms with van der Waals surface area (Å²) >= 11 is 0. The van der Waals surface area contributed by atoms with Gasteiger partial charge in [-0.25, -0.2) is 0 Å². The fraction of sp³-hybridized carbons (Fsp3) is 0.933. The van der Waals surface area contributed by atoms with Crippen LogP contribution in [0.5, 0.6) is 0 Å². The van der Waals surface area contributed by atoms with Crippen molar-refractivity contribution in [2.75, 3.05) is 26.2 Å². The molecular formula is C15H28N2O. The molecule has 1 heterocycles. The first kappa shape index (κ1) is 13.9. The summed E-state index contributed by atoms with van der Waals surface area (Å²) < 4.78 is 0. The summed E-state index contributed by atoms with van der Waals surface area (Å²) in [7, 11) is 0. The fourth-order valence-corrected chi connectivity index (χ4v) is 3.21. The van der Waals surface area contributed by atoms with E-state index >= 15 is 0 Å². The van der Waals surface area contributed by atoms with Crippen LogP contribution < -0.4 is 5.32 Å². The SMILES string of the molecule is O=C(CNCC1CCCCC1)N1CCCCCC1. The molecule has 0 spiro atoms. The van der Waals surface area contributed by atoms with Crippen LogP contribution >= 0.6 is 0 Å². The van der Waals surface area contributed by atoms with Crippen LogP contribution in [-0.4, -0.2) is 37.0 Å². The van der Waals surface area contributed by atoms with Crippen molar-refractivity contribution in [1.29, 1.82) is 0 Å². The third kappa shape index (κ3) is 4.60. The Morgan fingerprint density at radius 3 is 2.22 bits per heavy atom. The smallest absolute Gasteiger partial charge is 0.236 e. The number of likely N-dealkylation sites (tertiary alicyclic amines) is 1. The molecule has 0 unspecified atom stereocenters. The van der Waals surface area contributed by atoms with E-state index in [-0.39, 0.29) is 0 Å². The maximum Gasteiger partial charge on any atom is 0.236 e. The molecule has 3 heteroatoms. The number of carbonyl (C=O) groups is 1. The summed E-state index contributed by atoms with van der Waals surface area (Å²) in [6, 6.07) is 0. The second-order valence-corrected chi connectivity index (χ2v) is 5.93. The molecule has 1 N–H and O–H groups in total. The fourth-order valence-electron chi connectivity index (χ4n) is 3.21. The Morgan fingerprint density at radius 1 is 0.944 bits per heavy atom. The van der Waals surface area contributed by atoms with Gasteiger partial charge in [-0.3, -0.25) is 4.79 Å². The van der Waals surface area contributed by atoms with Crippen LogP contribution in [0.2, 0.25) is 0 Å². The van der Waals surface area contributed by atoms with Gasteiger partial charge in [0.2, 0.25) is 5.91 Å². The average molecular weight is 252 g/mol. The van der Waals surface area contributed by atoms with Crippen LogP contribution in [0.3, 0.4) is 0 Å². The molecule has 0 aromatic rings. The minimum Gasteiger partial charge on any atom is -0.342 e. The highest BCUT2D eigenvalue weighted by atomic mass is 16.2. The molecule has 2 fully saturated rings. The molecule has 1 aliphatic carbocycles. The number of amides is 1. The maximum absolute atomic E-state index is 12.1. The minimum absolute atomic E-state index is 0.313. The summed E-state index contributed by atoms with van der Waals surface area (Å²) in [4.78, 5) is 14.1. The van der Waals surface area contributed by atoms with E-state index in [0.29, 0.717) is 12.5 Å².